The number of sulfone groups is 1. The molecule has 148 valence electrons. The lowest BCUT2D eigenvalue weighted by molar-refractivity contribution is -0.124. The van der Waals surface area contributed by atoms with Gasteiger partial charge in [-0.1, -0.05) is 36.1 Å². The molecule has 0 bridgehead atoms. The normalized spacial score (nSPS) is 22.1. The van der Waals surface area contributed by atoms with Crippen molar-refractivity contribution in [1.82, 2.24) is 10.2 Å². The second kappa shape index (κ2) is 8.46. The minimum Gasteiger partial charge on any atom is -0.497 e. The van der Waals surface area contributed by atoms with E-state index in [0.717, 1.165) is 11.0 Å². The van der Waals surface area contributed by atoms with Gasteiger partial charge in [0.2, 0.25) is 5.91 Å². The maximum atomic E-state index is 12.6. The van der Waals surface area contributed by atoms with Crippen LogP contribution in [-0.4, -0.2) is 54.9 Å². The second-order valence-corrected chi connectivity index (χ2v) is 9.80. The van der Waals surface area contributed by atoms with E-state index in [1.807, 2.05) is 24.3 Å². The minimum absolute atomic E-state index is 0.0310. The van der Waals surface area contributed by atoms with E-state index >= 15 is 0 Å². The van der Waals surface area contributed by atoms with Gasteiger partial charge in [-0.2, -0.15) is 0 Å². The zero-order valence-corrected chi connectivity index (χ0v) is 17.4. The Labute approximate surface area is 172 Å². The number of nitrogens with zero attached hydrogens (tertiary/aromatic N) is 1. The molecule has 1 N–H and O–H groups in total. The molecule has 2 amide bonds. The zero-order chi connectivity index (χ0) is 20.3. The van der Waals surface area contributed by atoms with Crippen molar-refractivity contribution in [3.05, 3.63) is 46.2 Å². The molecular formula is C18H18N2O5S3. The van der Waals surface area contributed by atoms with Crippen molar-refractivity contribution in [2.75, 3.05) is 19.4 Å². The Morgan fingerprint density at radius 3 is 2.93 bits per heavy atom. The third kappa shape index (κ3) is 5.00. The molecule has 0 saturated carbocycles. The largest absolute Gasteiger partial charge is 0.497 e. The number of carbonyl (C=O) groups is 2. The Morgan fingerprint density at radius 1 is 1.46 bits per heavy atom. The van der Waals surface area contributed by atoms with Gasteiger partial charge in [-0.15, -0.1) is 0 Å². The number of carbonyl (C=O) groups excluding carboxylic acids is 2. The van der Waals surface area contributed by atoms with Crippen LogP contribution >= 0.6 is 24.0 Å². The topological polar surface area (TPSA) is 92.8 Å². The lowest BCUT2D eigenvalue weighted by atomic mass is 10.2. The fraction of sp³-hybridized carbons (Fsp3) is 0.278. The second-order valence-electron chi connectivity index (χ2n) is 6.19. The van der Waals surface area contributed by atoms with E-state index in [1.54, 1.807) is 13.2 Å². The van der Waals surface area contributed by atoms with Crippen molar-refractivity contribution < 1.29 is 22.7 Å². The molecule has 2 heterocycles. The summed E-state index contributed by atoms with van der Waals surface area (Å²) in [6.07, 6.45) is 3.21. The number of hydrogen-bond donors (Lipinski definition) is 1. The summed E-state index contributed by atoms with van der Waals surface area (Å²) in [5.41, 5.74) is 0.812. The lowest BCUT2D eigenvalue weighted by Gasteiger charge is -2.15. The molecule has 0 radical (unpaired) electrons. The van der Waals surface area contributed by atoms with E-state index in [0.29, 0.717) is 15.0 Å². The van der Waals surface area contributed by atoms with E-state index in [4.69, 9.17) is 17.0 Å². The Kier molecular flexibility index (Phi) is 6.21. The molecule has 7 nitrogen and oxygen atoms in total. The van der Waals surface area contributed by atoms with Crippen molar-refractivity contribution >= 4 is 56.0 Å². The summed E-state index contributed by atoms with van der Waals surface area (Å²) in [7, 11) is -1.66. The highest BCUT2D eigenvalue weighted by molar-refractivity contribution is 8.26. The molecule has 0 aliphatic carbocycles. The molecule has 2 aliphatic rings. The van der Waals surface area contributed by atoms with Crippen LogP contribution in [0.3, 0.4) is 0 Å². The predicted molar refractivity (Wildman–Crippen MR) is 112 cm³/mol. The Morgan fingerprint density at radius 2 is 2.25 bits per heavy atom. The van der Waals surface area contributed by atoms with E-state index < -0.39 is 15.9 Å². The predicted octanol–water partition coefficient (Wildman–Crippen LogP) is 1.71. The Balaban J connectivity index is 1.58. The van der Waals surface area contributed by atoms with Crippen LogP contribution in [0.1, 0.15) is 12.0 Å². The van der Waals surface area contributed by atoms with Crippen LogP contribution in [0.25, 0.3) is 6.08 Å². The van der Waals surface area contributed by atoms with Crippen LogP contribution in [0.4, 0.5) is 0 Å². The minimum atomic E-state index is -3.23. The van der Waals surface area contributed by atoms with Gasteiger partial charge in [-0.3, -0.25) is 14.5 Å². The lowest BCUT2D eigenvalue weighted by Crippen LogP contribution is -2.38. The van der Waals surface area contributed by atoms with Crippen molar-refractivity contribution in [2.45, 2.75) is 12.5 Å². The number of hydrogen-bond acceptors (Lipinski definition) is 7. The highest BCUT2D eigenvalue weighted by Gasteiger charge is 2.32. The molecule has 28 heavy (non-hydrogen) atoms. The summed E-state index contributed by atoms with van der Waals surface area (Å²) in [6, 6.07) is 6.77. The molecule has 1 aromatic carbocycles. The molecular weight excluding hydrogens is 420 g/mol. The third-order valence-electron chi connectivity index (χ3n) is 4.10. The first kappa shape index (κ1) is 20.6. The van der Waals surface area contributed by atoms with Crippen LogP contribution in [-0.2, 0) is 19.4 Å². The van der Waals surface area contributed by atoms with E-state index in [-0.39, 0.29) is 30.5 Å². The molecule has 1 saturated heterocycles. The SMILES string of the molecule is COc1cccc(/C=C2/SC(=S)N(CCC(=O)N[C@@H]3C=CS(=O)(=O)C3)C2=O)c1. The number of amides is 2. The van der Waals surface area contributed by atoms with E-state index in [1.165, 1.54) is 22.7 Å². The van der Waals surface area contributed by atoms with Crippen LogP contribution < -0.4 is 10.1 Å². The molecule has 10 heteroatoms. The number of thiocarbonyl (C=S) groups is 1. The quantitative estimate of drug-likeness (QED) is 0.534. The number of rotatable bonds is 6. The van der Waals surface area contributed by atoms with Crippen LogP contribution in [0, 0.1) is 0 Å². The number of thioether (sulfide) groups is 1. The highest BCUT2D eigenvalue weighted by atomic mass is 32.2. The van der Waals surface area contributed by atoms with Gasteiger partial charge >= 0.3 is 0 Å². The molecule has 0 aromatic heterocycles. The smallest absolute Gasteiger partial charge is 0.266 e. The first-order chi connectivity index (χ1) is 13.3. The molecule has 0 unspecified atom stereocenters. The first-order valence-electron chi connectivity index (χ1n) is 8.37. The number of ether oxygens (including phenoxy) is 1. The number of nitrogens with one attached hydrogen (secondary N) is 1. The molecule has 1 atom stereocenters. The van der Waals surface area contributed by atoms with E-state index in [2.05, 4.69) is 5.32 Å². The van der Waals surface area contributed by atoms with Gasteiger partial charge in [0.15, 0.2) is 9.84 Å². The fourth-order valence-electron chi connectivity index (χ4n) is 2.73. The van der Waals surface area contributed by atoms with E-state index in [9.17, 15) is 18.0 Å². The van der Waals surface area contributed by atoms with Gasteiger partial charge in [0.05, 0.1) is 23.8 Å². The summed E-state index contributed by atoms with van der Waals surface area (Å²) in [5.74, 6) is -0.0429. The van der Waals surface area contributed by atoms with Gasteiger partial charge in [0, 0.05) is 18.4 Å². The molecule has 3 rings (SSSR count). The van der Waals surface area contributed by atoms with Crippen LogP contribution in [0.15, 0.2) is 40.7 Å². The molecule has 0 spiro atoms. The zero-order valence-electron chi connectivity index (χ0n) is 15.0. The number of methoxy groups -OCH3 is 1. The van der Waals surface area contributed by atoms with Gasteiger partial charge < -0.3 is 10.1 Å². The first-order valence-corrected chi connectivity index (χ1v) is 11.3. The summed E-state index contributed by atoms with van der Waals surface area (Å²) in [6.45, 7) is 0.134. The monoisotopic (exact) mass is 438 g/mol. The number of benzene rings is 1. The van der Waals surface area contributed by atoms with Crippen molar-refractivity contribution in [3.63, 3.8) is 0 Å². The van der Waals surface area contributed by atoms with Crippen LogP contribution in [0.2, 0.25) is 0 Å². The van der Waals surface area contributed by atoms with Crippen LogP contribution in [0.5, 0.6) is 5.75 Å². The van der Waals surface area contributed by atoms with Crippen molar-refractivity contribution in [3.8, 4) is 5.75 Å². The van der Waals surface area contributed by atoms with Crippen molar-refractivity contribution in [1.29, 1.82) is 0 Å². The van der Waals surface area contributed by atoms with Gasteiger partial charge in [0.1, 0.15) is 10.1 Å². The molecule has 1 aromatic rings. The average molecular weight is 439 g/mol. The molecule has 2 aliphatic heterocycles. The highest BCUT2D eigenvalue weighted by Crippen LogP contribution is 2.33. The Bertz CT molecular complexity index is 985. The molecule has 1 fully saturated rings. The van der Waals surface area contributed by atoms with Gasteiger partial charge in [-0.25, -0.2) is 8.42 Å². The van der Waals surface area contributed by atoms with Gasteiger partial charge in [-0.05, 0) is 29.8 Å². The summed E-state index contributed by atoms with van der Waals surface area (Å²) in [4.78, 5) is 26.5. The fourth-order valence-corrected chi connectivity index (χ4v) is 5.28. The maximum absolute atomic E-state index is 12.6. The Hall–Kier alpha value is -2.17. The van der Waals surface area contributed by atoms with Crippen molar-refractivity contribution in [2.24, 2.45) is 0 Å². The van der Waals surface area contributed by atoms with Gasteiger partial charge in [0.25, 0.3) is 5.91 Å². The summed E-state index contributed by atoms with van der Waals surface area (Å²) >= 11 is 6.45. The average Bonchev–Trinajstić information content (AvgIpc) is 3.11. The summed E-state index contributed by atoms with van der Waals surface area (Å²) in [5, 5.41) is 3.73. The summed E-state index contributed by atoms with van der Waals surface area (Å²) < 4.78 is 28.3. The maximum Gasteiger partial charge on any atom is 0.266 e. The standard InChI is InChI=1S/C18H18N2O5S3/c1-25-14-4-2-3-12(9-14)10-15-17(22)20(18(26)27-15)7-5-16(21)19-13-6-8-28(23,24)11-13/h2-4,6,8-10,13H,5,7,11H2,1H3,(H,19,21)/b15-10+/t13-/m1/s1. The third-order valence-corrected chi connectivity index (χ3v) is 6.88.